The third-order valence-electron chi connectivity index (χ3n) is 3.26. The van der Waals surface area contributed by atoms with Gasteiger partial charge in [-0.05, 0) is 19.8 Å². The molecule has 0 aromatic rings. The lowest BCUT2D eigenvalue weighted by atomic mass is 9.74. The van der Waals surface area contributed by atoms with Crippen LogP contribution in [-0.2, 0) is 9.53 Å². The van der Waals surface area contributed by atoms with Crippen LogP contribution in [-0.4, -0.2) is 34.0 Å². The molecule has 0 spiro atoms. The summed E-state index contributed by atoms with van der Waals surface area (Å²) in [7, 11) is 0. The topological polar surface area (TPSA) is 66.8 Å². The Balaban J connectivity index is 2.26. The molecule has 1 saturated heterocycles. The molecule has 1 heterocycles. The number of hydrogen-bond donors (Lipinski definition) is 2. The second-order valence-corrected chi connectivity index (χ2v) is 4.34. The number of aliphatic hydroxyl groups is 2. The van der Waals surface area contributed by atoms with Gasteiger partial charge >= 0.3 is 5.97 Å². The number of carbonyl (C=O) groups is 1. The quantitative estimate of drug-likeness (QED) is 0.424. The summed E-state index contributed by atoms with van der Waals surface area (Å²) in [6, 6.07) is 0. The molecule has 0 aromatic carbocycles. The molecule has 4 heteroatoms. The second kappa shape index (κ2) is 2.81. The van der Waals surface area contributed by atoms with Crippen LogP contribution in [0.2, 0.25) is 0 Å². The largest absolute Gasteiger partial charge is 0.455 e. The Morgan fingerprint density at radius 2 is 2.29 bits per heavy atom. The molecular formula is C10H14O4. The lowest BCUT2D eigenvalue weighted by molar-refractivity contribution is -0.168. The van der Waals surface area contributed by atoms with Gasteiger partial charge in [-0.1, -0.05) is 6.58 Å². The molecule has 0 unspecified atom stereocenters. The summed E-state index contributed by atoms with van der Waals surface area (Å²) in [5.74, 6) is -0.575. The average Bonchev–Trinajstić information content (AvgIpc) is 2.38. The third kappa shape index (κ3) is 1.18. The fraction of sp³-hybridized carbons (Fsp3) is 0.700. The van der Waals surface area contributed by atoms with Gasteiger partial charge in [0.15, 0.2) is 0 Å². The fourth-order valence-electron chi connectivity index (χ4n) is 2.20. The van der Waals surface area contributed by atoms with Crippen molar-refractivity contribution in [1.82, 2.24) is 0 Å². The molecule has 2 N–H and O–H groups in total. The van der Waals surface area contributed by atoms with E-state index in [4.69, 9.17) is 4.74 Å². The van der Waals surface area contributed by atoms with Crippen LogP contribution in [0.1, 0.15) is 19.8 Å². The van der Waals surface area contributed by atoms with E-state index < -0.39 is 23.8 Å². The summed E-state index contributed by atoms with van der Waals surface area (Å²) in [6.45, 7) is 5.19. The Morgan fingerprint density at radius 3 is 2.93 bits per heavy atom. The van der Waals surface area contributed by atoms with Crippen molar-refractivity contribution in [2.75, 3.05) is 0 Å². The third-order valence-corrected chi connectivity index (χ3v) is 3.26. The fourth-order valence-corrected chi connectivity index (χ4v) is 2.20. The zero-order valence-corrected chi connectivity index (χ0v) is 8.06. The molecule has 0 aromatic heterocycles. The van der Waals surface area contributed by atoms with Crippen LogP contribution in [0.5, 0.6) is 0 Å². The maximum Gasteiger partial charge on any atom is 0.334 e. The van der Waals surface area contributed by atoms with E-state index in [1.54, 1.807) is 6.92 Å². The van der Waals surface area contributed by atoms with Crippen LogP contribution in [0.4, 0.5) is 0 Å². The summed E-state index contributed by atoms with van der Waals surface area (Å²) in [6.07, 6.45) is -0.521. The Hall–Kier alpha value is -0.870. The predicted molar refractivity (Wildman–Crippen MR) is 48.4 cm³/mol. The smallest absolute Gasteiger partial charge is 0.334 e. The molecule has 2 aliphatic rings. The number of aliphatic hydroxyl groups excluding tert-OH is 1. The molecular weight excluding hydrogens is 184 g/mol. The van der Waals surface area contributed by atoms with Gasteiger partial charge in [0.05, 0.1) is 5.60 Å². The van der Waals surface area contributed by atoms with Gasteiger partial charge in [-0.3, -0.25) is 0 Å². The standard InChI is InChI=1S/C10H14O4/c1-5-6-3-4-10(2,13)8(11)7(6)14-9(5)12/h6-8,11,13H,1,3-4H2,2H3/t6-,7+,8-,10+/m1/s1. The molecule has 0 amide bonds. The van der Waals surface area contributed by atoms with Gasteiger partial charge < -0.3 is 14.9 Å². The first-order chi connectivity index (χ1) is 6.43. The number of carbonyl (C=O) groups excluding carboxylic acids is 1. The highest BCUT2D eigenvalue weighted by molar-refractivity contribution is 5.91. The number of hydrogen-bond acceptors (Lipinski definition) is 4. The first-order valence-corrected chi connectivity index (χ1v) is 4.74. The number of ether oxygens (including phenoxy) is 1. The van der Waals surface area contributed by atoms with E-state index in [1.165, 1.54) is 0 Å². The highest BCUT2D eigenvalue weighted by Crippen LogP contribution is 2.41. The van der Waals surface area contributed by atoms with Crippen molar-refractivity contribution in [3.05, 3.63) is 12.2 Å². The van der Waals surface area contributed by atoms with E-state index in [1.807, 2.05) is 0 Å². The Kier molecular flexibility index (Phi) is 1.94. The van der Waals surface area contributed by atoms with E-state index >= 15 is 0 Å². The summed E-state index contributed by atoms with van der Waals surface area (Å²) in [4.78, 5) is 11.2. The van der Waals surface area contributed by atoms with Gasteiger partial charge in [0.25, 0.3) is 0 Å². The predicted octanol–water partition coefficient (Wildman–Crippen LogP) is -0.0101. The zero-order valence-electron chi connectivity index (χ0n) is 8.06. The Morgan fingerprint density at radius 1 is 1.64 bits per heavy atom. The minimum absolute atomic E-state index is 0.127. The van der Waals surface area contributed by atoms with Crippen LogP contribution in [0, 0.1) is 5.92 Å². The van der Waals surface area contributed by atoms with E-state index in [0.717, 1.165) is 0 Å². The highest BCUT2D eigenvalue weighted by Gasteiger charge is 2.52. The van der Waals surface area contributed by atoms with Crippen LogP contribution < -0.4 is 0 Å². The van der Waals surface area contributed by atoms with Gasteiger partial charge in [-0.15, -0.1) is 0 Å². The molecule has 78 valence electrons. The van der Waals surface area contributed by atoms with Crippen molar-refractivity contribution in [3.63, 3.8) is 0 Å². The maximum atomic E-state index is 11.2. The Labute approximate surface area is 82.2 Å². The van der Waals surface area contributed by atoms with Crippen molar-refractivity contribution in [1.29, 1.82) is 0 Å². The summed E-state index contributed by atoms with van der Waals surface area (Å²) < 4.78 is 4.98. The van der Waals surface area contributed by atoms with E-state index in [0.29, 0.717) is 18.4 Å². The zero-order chi connectivity index (χ0) is 10.5. The van der Waals surface area contributed by atoms with Crippen LogP contribution in [0.3, 0.4) is 0 Å². The highest BCUT2D eigenvalue weighted by atomic mass is 16.6. The van der Waals surface area contributed by atoms with E-state index in [9.17, 15) is 15.0 Å². The normalized spacial score (nSPS) is 47.5. The molecule has 0 radical (unpaired) electrons. The molecule has 4 nitrogen and oxygen atoms in total. The molecule has 2 fully saturated rings. The number of fused-ring (bicyclic) bond motifs is 1. The minimum Gasteiger partial charge on any atom is -0.455 e. The van der Waals surface area contributed by atoms with E-state index in [2.05, 4.69) is 6.58 Å². The summed E-state index contributed by atoms with van der Waals surface area (Å²) in [5.41, 5.74) is -0.740. The molecule has 2 rings (SSSR count). The van der Waals surface area contributed by atoms with Crippen LogP contribution in [0.15, 0.2) is 12.2 Å². The van der Waals surface area contributed by atoms with Crippen molar-refractivity contribution in [3.8, 4) is 0 Å². The number of esters is 1. The molecule has 1 saturated carbocycles. The summed E-state index contributed by atoms with van der Waals surface area (Å²) in [5, 5.41) is 19.6. The molecule has 4 atom stereocenters. The SMILES string of the molecule is C=C1C(=O)O[C@H]2[C@@H]1CC[C@](C)(O)[C@@H]2O. The average molecular weight is 198 g/mol. The molecule has 0 bridgehead atoms. The van der Waals surface area contributed by atoms with Crippen LogP contribution >= 0.6 is 0 Å². The van der Waals surface area contributed by atoms with Crippen LogP contribution in [0.25, 0.3) is 0 Å². The molecule has 1 aliphatic carbocycles. The van der Waals surface area contributed by atoms with E-state index in [-0.39, 0.29) is 5.92 Å². The lowest BCUT2D eigenvalue weighted by Gasteiger charge is -2.39. The maximum absolute atomic E-state index is 11.2. The second-order valence-electron chi connectivity index (χ2n) is 4.34. The van der Waals surface area contributed by atoms with Gasteiger partial charge in [-0.25, -0.2) is 4.79 Å². The first-order valence-electron chi connectivity index (χ1n) is 4.74. The minimum atomic E-state index is -1.16. The lowest BCUT2D eigenvalue weighted by Crippen LogP contribution is -2.52. The van der Waals surface area contributed by atoms with Gasteiger partial charge in [0.2, 0.25) is 0 Å². The van der Waals surface area contributed by atoms with Crippen molar-refractivity contribution in [2.45, 2.75) is 37.6 Å². The molecule has 1 aliphatic heterocycles. The van der Waals surface area contributed by atoms with Gasteiger partial charge in [0.1, 0.15) is 12.2 Å². The first kappa shape index (κ1) is 9.68. The molecule has 14 heavy (non-hydrogen) atoms. The Bertz CT molecular complexity index is 294. The van der Waals surface area contributed by atoms with Gasteiger partial charge in [0, 0.05) is 11.5 Å². The van der Waals surface area contributed by atoms with Crippen molar-refractivity contribution < 1.29 is 19.7 Å². The monoisotopic (exact) mass is 198 g/mol. The van der Waals surface area contributed by atoms with Crippen molar-refractivity contribution >= 4 is 5.97 Å². The summed E-state index contributed by atoms with van der Waals surface area (Å²) >= 11 is 0. The van der Waals surface area contributed by atoms with Crippen molar-refractivity contribution in [2.24, 2.45) is 5.92 Å². The number of rotatable bonds is 0. The van der Waals surface area contributed by atoms with Gasteiger partial charge in [-0.2, -0.15) is 0 Å².